The molecule has 3 rings (SSSR count). The predicted octanol–water partition coefficient (Wildman–Crippen LogP) is 2.93. The van der Waals surface area contributed by atoms with Crippen molar-refractivity contribution in [3.8, 4) is 0 Å². The van der Waals surface area contributed by atoms with Crippen LogP contribution < -0.4 is 5.73 Å². The highest BCUT2D eigenvalue weighted by Crippen LogP contribution is 2.29. The Morgan fingerprint density at radius 3 is 2.57 bits per heavy atom. The van der Waals surface area contributed by atoms with Crippen LogP contribution in [-0.4, -0.2) is 28.5 Å². The number of hydrogen-bond acceptors (Lipinski definition) is 8. The highest BCUT2D eigenvalue weighted by atomic mass is 19.2. The minimum atomic E-state index is -1.17. The summed E-state index contributed by atoms with van der Waals surface area (Å²) in [6.45, 7) is 2.99. The normalized spacial score (nSPS) is 10.9. The molecule has 0 unspecified atom stereocenters. The van der Waals surface area contributed by atoms with E-state index in [9.17, 15) is 18.4 Å². The maximum absolute atomic E-state index is 13.2. The molecular formula is C18H15F2N3O5. The lowest BCUT2D eigenvalue weighted by Gasteiger charge is -2.06. The third-order valence-electron chi connectivity index (χ3n) is 3.77. The Morgan fingerprint density at radius 1 is 1.14 bits per heavy atom. The van der Waals surface area contributed by atoms with Gasteiger partial charge in [0.25, 0.3) is 0 Å². The number of esters is 2. The number of anilines is 1. The highest BCUT2D eigenvalue weighted by molar-refractivity contribution is 6.07. The van der Waals surface area contributed by atoms with Crippen LogP contribution in [0.4, 0.5) is 14.6 Å². The van der Waals surface area contributed by atoms with Gasteiger partial charge in [0.05, 0.1) is 17.6 Å². The Balaban J connectivity index is 1.83. The van der Waals surface area contributed by atoms with Crippen molar-refractivity contribution in [3.05, 3.63) is 52.5 Å². The summed E-state index contributed by atoms with van der Waals surface area (Å²) < 4.78 is 41.6. The summed E-state index contributed by atoms with van der Waals surface area (Å²) in [6, 6.07) is 2.62. The lowest BCUT2D eigenvalue weighted by atomic mass is 10.2. The first-order valence-corrected chi connectivity index (χ1v) is 8.16. The maximum atomic E-state index is 13.2. The van der Waals surface area contributed by atoms with Crippen molar-refractivity contribution < 1.29 is 32.3 Å². The quantitative estimate of drug-likeness (QED) is 0.660. The standard InChI is InChI=1S/C18H15F2N3O5/c1-3-26-18(25)13-8(2)28-16-14(13)15(21)22-12(23-16)7-27-17(24)9-4-5-10(19)11(20)6-9/h4-6H,3,7H2,1-2H3,(H2,21,22,23). The van der Waals surface area contributed by atoms with Crippen molar-refractivity contribution in [1.82, 2.24) is 9.97 Å². The number of ether oxygens (including phenoxy) is 2. The molecule has 1 aromatic carbocycles. The molecule has 0 amide bonds. The first kappa shape index (κ1) is 19.2. The molecule has 0 radical (unpaired) electrons. The van der Waals surface area contributed by atoms with E-state index in [2.05, 4.69) is 9.97 Å². The van der Waals surface area contributed by atoms with Gasteiger partial charge >= 0.3 is 11.9 Å². The summed E-state index contributed by atoms with van der Waals surface area (Å²) >= 11 is 0. The molecule has 2 heterocycles. The van der Waals surface area contributed by atoms with Crippen LogP contribution in [0.15, 0.2) is 22.6 Å². The van der Waals surface area contributed by atoms with E-state index in [4.69, 9.17) is 19.6 Å². The number of aromatic nitrogens is 2. The Morgan fingerprint density at radius 2 is 1.89 bits per heavy atom. The van der Waals surface area contributed by atoms with Crippen molar-refractivity contribution in [2.24, 2.45) is 0 Å². The molecule has 0 atom stereocenters. The van der Waals surface area contributed by atoms with Gasteiger partial charge in [0.15, 0.2) is 24.1 Å². The fourth-order valence-electron chi connectivity index (χ4n) is 2.53. The van der Waals surface area contributed by atoms with Crippen LogP contribution in [0, 0.1) is 18.6 Å². The molecule has 2 N–H and O–H groups in total. The van der Waals surface area contributed by atoms with Gasteiger partial charge in [0.2, 0.25) is 5.71 Å². The van der Waals surface area contributed by atoms with E-state index in [1.165, 1.54) is 0 Å². The van der Waals surface area contributed by atoms with Crippen molar-refractivity contribution in [2.45, 2.75) is 20.5 Å². The van der Waals surface area contributed by atoms with Crippen molar-refractivity contribution >= 4 is 28.9 Å². The molecular weight excluding hydrogens is 376 g/mol. The maximum Gasteiger partial charge on any atom is 0.342 e. The number of nitrogen functional groups attached to an aromatic ring is 1. The second-order valence-corrected chi connectivity index (χ2v) is 5.66. The summed E-state index contributed by atoms with van der Waals surface area (Å²) in [6.07, 6.45) is 0. The monoisotopic (exact) mass is 391 g/mol. The second-order valence-electron chi connectivity index (χ2n) is 5.66. The Labute approximate surface area is 157 Å². The molecule has 3 aromatic rings. The van der Waals surface area contributed by atoms with Gasteiger partial charge in [-0.1, -0.05) is 0 Å². The average Bonchev–Trinajstić information content (AvgIpc) is 2.98. The van der Waals surface area contributed by atoms with E-state index >= 15 is 0 Å². The lowest BCUT2D eigenvalue weighted by molar-refractivity contribution is 0.0460. The summed E-state index contributed by atoms with van der Waals surface area (Å²) in [4.78, 5) is 32.1. The van der Waals surface area contributed by atoms with Gasteiger partial charge in [-0.05, 0) is 32.0 Å². The van der Waals surface area contributed by atoms with Gasteiger partial charge in [0, 0.05) is 0 Å². The molecule has 2 aromatic heterocycles. The molecule has 0 saturated heterocycles. The molecule has 10 heteroatoms. The zero-order valence-electron chi connectivity index (χ0n) is 14.9. The number of benzene rings is 1. The smallest absolute Gasteiger partial charge is 0.342 e. The fourth-order valence-corrected chi connectivity index (χ4v) is 2.53. The molecule has 0 aliphatic heterocycles. The van der Waals surface area contributed by atoms with E-state index in [0.29, 0.717) is 0 Å². The van der Waals surface area contributed by atoms with E-state index in [0.717, 1.165) is 18.2 Å². The van der Waals surface area contributed by atoms with Crippen molar-refractivity contribution in [2.75, 3.05) is 12.3 Å². The van der Waals surface area contributed by atoms with Crippen molar-refractivity contribution in [1.29, 1.82) is 0 Å². The number of carbonyl (C=O) groups is 2. The number of hydrogen-bond donors (Lipinski definition) is 1. The topological polar surface area (TPSA) is 118 Å². The van der Waals surface area contributed by atoms with Crippen LogP contribution in [-0.2, 0) is 16.1 Å². The third kappa shape index (κ3) is 3.61. The minimum absolute atomic E-state index is 0.00472. The zero-order chi connectivity index (χ0) is 20.4. The zero-order valence-corrected chi connectivity index (χ0v) is 14.9. The van der Waals surface area contributed by atoms with Crippen LogP contribution in [0.5, 0.6) is 0 Å². The number of fused-ring (bicyclic) bond motifs is 1. The predicted molar refractivity (Wildman–Crippen MR) is 92.4 cm³/mol. The minimum Gasteiger partial charge on any atom is -0.462 e. The summed E-state index contributed by atoms with van der Waals surface area (Å²) in [5.41, 5.74) is 5.89. The summed E-state index contributed by atoms with van der Waals surface area (Å²) in [5, 5.41) is 0.201. The van der Waals surface area contributed by atoms with Gasteiger partial charge in [0.1, 0.15) is 17.1 Å². The van der Waals surface area contributed by atoms with Crippen LogP contribution >= 0.6 is 0 Å². The first-order valence-electron chi connectivity index (χ1n) is 8.16. The summed E-state index contributed by atoms with van der Waals surface area (Å²) in [5.74, 6) is -3.56. The number of rotatable bonds is 5. The van der Waals surface area contributed by atoms with E-state index in [1.807, 2.05) is 0 Å². The van der Waals surface area contributed by atoms with Crippen LogP contribution in [0.3, 0.4) is 0 Å². The molecule has 0 fully saturated rings. The number of nitrogens with zero attached hydrogens (tertiary/aromatic N) is 2. The fraction of sp³-hybridized carbons (Fsp3) is 0.222. The van der Waals surface area contributed by atoms with Crippen molar-refractivity contribution in [3.63, 3.8) is 0 Å². The number of carbonyl (C=O) groups excluding carboxylic acids is 2. The SMILES string of the molecule is CCOC(=O)c1c(C)oc2nc(COC(=O)c3ccc(F)c(F)c3)nc(N)c12. The largest absolute Gasteiger partial charge is 0.462 e. The van der Waals surface area contributed by atoms with Gasteiger partial charge in [-0.15, -0.1) is 0 Å². The van der Waals surface area contributed by atoms with Crippen LogP contribution in [0.1, 0.15) is 39.2 Å². The van der Waals surface area contributed by atoms with Gasteiger partial charge in [-0.2, -0.15) is 4.98 Å². The first-order chi connectivity index (χ1) is 13.3. The van der Waals surface area contributed by atoms with E-state index in [-0.39, 0.29) is 46.2 Å². The molecule has 8 nitrogen and oxygen atoms in total. The Kier molecular flexibility index (Phi) is 5.21. The molecule has 0 bridgehead atoms. The van der Waals surface area contributed by atoms with E-state index in [1.54, 1.807) is 13.8 Å². The van der Waals surface area contributed by atoms with E-state index < -0.39 is 30.2 Å². The highest BCUT2D eigenvalue weighted by Gasteiger charge is 2.24. The molecule has 0 saturated carbocycles. The van der Waals surface area contributed by atoms with Gasteiger partial charge in [-0.25, -0.2) is 23.4 Å². The number of aryl methyl sites for hydroxylation is 1. The Hall–Kier alpha value is -3.56. The average molecular weight is 391 g/mol. The third-order valence-corrected chi connectivity index (χ3v) is 3.77. The molecule has 0 aliphatic rings. The lowest BCUT2D eigenvalue weighted by Crippen LogP contribution is -2.10. The van der Waals surface area contributed by atoms with Gasteiger partial charge in [-0.3, -0.25) is 0 Å². The molecule has 0 spiro atoms. The molecule has 146 valence electrons. The molecule has 0 aliphatic carbocycles. The van der Waals surface area contributed by atoms with Gasteiger partial charge < -0.3 is 19.6 Å². The van der Waals surface area contributed by atoms with Crippen LogP contribution in [0.2, 0.25) is 0 Å². The second kappa shape index (κ2) is 7.59. The number of nitrogens with two attached hydrogens (primary N) is 1. The molecule has 28 heavy (non-hydrogen) atoms. The number of halogens is 2. The number of furan rings is 1. The summed E-state index contributed by atoms with van der Waals surface area (Å²) in [7, 11) is 0. The Bertz CT molecular complexity index is 1080. The van der Waals surface area contributed by atoms with Crippen LogP contribution in [0.25, 0.3) is 11.1 Å².